The topological polar surface area (TPSA) is 123 Å². The van der Waals surface area contributed by atoms with Gasteiger partial charge >= 0.3 is 0 Å². The Morgan fingerprint density at radius 2 is 2.26 bits per heavy atom. The molecule has 0 bridgehead atoms. The molecule has 2 amide bonds. The van der Waals surface area contributed by atoms with Crippen LogP contribution in [0.3, 0.4) is 0 Å². The fraction of sp³-hybridized carbons (Fsp3) is 0.611. The Morgan fingerprint density at radius 3 is 2.89 bits per heavy atom. The highest BCUT2D eigenvalue weighted by molar-refractivity contribution is 14.1. The molecule has 3 unspecified atom stereocenters. The first-order chi connectivity index (χ1) is 12.9. The van der Waals surface area contributed by atoms with Gasteiger partial charge in [-0.15, -0.1) is 0 Å². The van der Waals surface area contributed by atoms with Gasteiger partial charge in [0.25, 0.3) is 0 Å². The summed E-state index contributed by atoms with van der Waals surface area (Å²) in [5, 5.41) is 8.15. The first kappa shape index (κ1) is 22.0. The van der Waals surface area contributed by atoms with Gasteiger partial charge in [0.05, 0.1) is 13.2 Å². The SMILES string of the molecule is CC1=CC(COC(CCN)C(=O)NCC(=O)NC2CNC(I)C2=O)=CCC1. The van der Waals surface area contributed by atoms with E-state index in [-0.39, 0.29) is 22.3 Å². The predicted molar refractivity (Wildman–Crippen MR) is 110 cm³/mol. The number of hydrogen-bond donors (Lipinski definition) is 4. The van der Waals surface area contributed by atoms with Crippen LogP contribution in [0.15, 0.2) is 23.3 Å². The highest BCUT2D eigenvalue weighted by Crippen LogP contribution is 2.17. The summed E-state index contributed by atoms with van der Waals surface area (Å²) in [7, 11) is 0. The third-order valence-electron chi connectivity index (χ3n) is 4.40. The lowest BCUT2D eigenvalue weighted by molar-refractivity contribution is -0.134. The highest BCUT2D eigenvalue weighted by Gasteiger charge is 2.32. The zero-order valence-corrected chi connectivity index (χ0v) is 17.6. The minimum atomic E-state index is -0.715. The third kappa shape index (κ3) is 6.98. The number of nitrogens with one attached hydrogen (secondary N) is 3. The molecule has 1 aliphatic heterocycles. The van der Waals surface area contributed by atoms with Crippen molar-refractivity contribution in [1.82, 2.24) is 16.0 Å². The van der Waals surface area contributed by atoms with Crippen molar-refractivity contribution in [3.05, 3.63) is 23.3 Å². The van der Waals surface area contributed by atoms with E-state index in [1.807, 2.05) is 22.6 Å². The molecular weight excluding hydrogens is 463 g/mol. The van der Waals surface area contributed by atoms with Crippen LogP contribution in [0.4, 0.5) is 0 Å². The number of ketones is 1. The van der Waals surface area contributed by atoms with Crippen molar-refractivity contribution in [2.24, 2.45) is 5.73 Å². The number of amides is 2. The number of nitrogens with two attached hydrogens (primary N) is 1. The molecule has 0 saturated carbocycles. The number of allylic oxidation sites excluding steroid dienone is 2. The number of hydrogen-bond acceptors (Lipinski definition) is 6. The zero-order chi connectivity index (χ0) is 19.8. The maximum atomic E-state index is 12.3. The van der Waals surface area contributed by atoms with Gasteiger partial charge in [0, 0.05) is 6.54 Å². The van der Waals surface area contributed by atoms with Crippen molar-refractivity contribution >= 4 is 40.2 Å². The summed E-state index contributed by atoms with van der Waals surface area (Å²) in [5.41, 5.74) is 7.92. The first-order valence-corrected chi connectivity index (χ1v) is 10.3. The lowest BCUT2D eigenvalue weighted by Crippen LogP contribution is -2.47. The summed E-state index contributed by atoms with van der Waals surface area (Å²) in [6.45, 7) is 2.90. The number of carbonyl (C=O) groups is 3. The largest absolute Gasteiger partial charge is 0.364 e. The summed E-state index contributed by atoms with van der Waals surface area (Å²) in [6.07, 6.45) is 5.84. The molecular formula is C18H27IN4O4. The van der Waals surface area contributed by atoms with Crippen LogP contribution in [0.25, 0.3) is 0 Å². The molecule has 9 heteroatoms. The van der Waals surface area contributed by atoms with E-state index < -0.39 is 18.1 Å². The maximum absolute atomic E-state index is 12.3. The quantitative estimate of drug-likeness (QED) is 0.204. The van der Waals surface area contributed by atoms with Crippen LogP contribution in [0.2, 0.25) is 0 Å². The molecule has 1 aliphatic carbocycles. The van der Waals surface area contributed by atoms with Gasteiger partial charge in [-0.25, -0.2) is 0 Å². The van der Waals surface area contributed by atoms with Crippen LogP contribution < -0.4 is 21.7 Å². The standard InChI is InChI=1S/C18H27IN4O4/c1-11-3-2-4-12(7-11)10-27-14(5-6-20)18(26)22-9-15(24)23-13-8-21-17(19)16(13)25/h4,7,13-14,17,21H,2-3,5-6,8-10,20H2,1H3,(H,22,26)(H,23,24). The Balaban J connectivity index is 1.77. The van der Waals surface area contributed by atoms with E-state index >= 15 is 0 Å². The predicted octanol–water partition coefficient (Wildman–Crippen LogP) is -0.0787. The molecule has 27 heavy (non-hydrogen) atoms. The zero-order valence-electron chi connectivity index (χ0n) is 15.4. The Bertz CT molecular complexity index is 635. The van der Waals surface area contributed by atoms with Gasteiger partial charge in [-0.1, -0.05) is 40.3 Å². The molecule has 3 atom stereocenters. The van der Waals surface area contributed by atoms with E-state index in [1.165, 1.54) is 5.57 Å². The van der Waals surface area contributed by atoms with Gasteiger partial charge in [0.15, 0.2) is 5.78 Å². The van der Waals surface area contributed by atoms with E-state index in [4.69, 9.17) is 10.5 Å². The smallest absolute Gasteiger partial charge is 0.249 e. The number of rotatable bonds is 9. The Hall–Kier alpha value is -1.30. The fourth-order valence-electron chi connectivity index (χ4n) is 2.92. The maximum Gasteiger partial charge on any atom is 0.249 e. The number of halogens is 1. The molecule has 0 aromatic heterocycles. The van der Waals surface area contributed by atoms with Gasteiger partial charge in [-0.05, 0) is 38.3 Å². The van der Waals surface area contributed by atoms with Crippen molar-refractivity contribution in [2.45, 2.75) is 42.4 Å². The highest BCUT2D eigenvalue weighted by atomic mass is 127. The average Bonchev–Trinajstić information content (AvgIpc) is 2.95. The Morgan fingerprint density at radius 1 is 1.48 bits per heavy atom. The minimum Gasteiger partial charge on any atom is -0.364 e. The van der Waals surface area contributed by atoms with Crippen LogP contribution in [0.5, 0.6) is 0 Å². The van der Waals surface area contributed by atoms with Gasteiger partial charge in [-0.2, -0.15) is 0 Å². The molecule has 1 fully saturated rings. The van der Waals surface area contributed by atoms with Crippen LogP contribution in [-0.4, -0.2) is 60.0 Å². The molecule has 1 heterocycles. The number of ether oxygens (including phenoxy) is 1. The van der Waals surface area contributed by atoms with E-state index in [1.54, 1.807) is 0 Å². The fourth-order valence-corrected chi connectivity index (χ4v) is 3.61. The van der Waals surface area contributed by atoms with Gasteiger partial charge in [-0.3, -0.25) is 19.7 Å². The van der Waals surface area contributed by atoms with E-state index in [9.17, 15) is 14.4 Å². The van der Waals surface area contributed by atoms with Crippen LogP contribution in [-0.2, 0) is 19.1 Å². The van der Waals surface area contributed by atoms with Crippen LogP contribution >= 0.6 is 22.6 Å². The molecule has 150 valence electrons. The van der Waals surface area contributed by atoms with Crippen molar-refractivity contribution in [3.8, 4) is 0 Å². The molecule has 0 radical (unpaired) electrons. The van der Waals surface area contributed by atoms with Crippen molar-refractivity contribution < 1.29 is 19.1 Å². The van der Waals surface area contributed by atoms with Gasteiger partial charge in [0.2, 0.25) is 11.8 Å². The molecule has 5 N–H and O–H groups in total. The molecule has 2 rings (SSSR count). The first-order valence-electron chi connectivity index (χ1n) is 9.07. The van der Waals surface area contributed by atoms with Crippen molar-refractivity contribution in [1.29, 1.82) is 0 Å². The van der Waals surface area contributed by atoms with Gasteiger partial charge in [0.1, 0.15) is 16.2 Å². The lowest BCUT2D eigenvalue weighted by Gasteiger charge is -2.19. The molecule has 0 aromatic rings. The van der Waals surface area contributed by atoms with E-state index in [0.29, 0.717) is 26.1 Å². The molecule has 1 saturated heterocycles. The number of carbonyl (C=O) groups excluding carboxylic acids is 3. The van der Waals surface area contributed by atoms with E-state index in [0.717, 1.165) is 18.4 Å². The normalized spacial score (nSPS) is 23.4. The summed E-state index contributed by atoms with van der Waals surface area (Å²) in [5.74, 6) is -0.854. The minimum absolute atomic E-state index is 0.0660. The second-order valence-corrected chi connectivity index (χ2v) is 7.94. The Labute approximate surface area is 172 Å². The second-order valence-electron chi connectivity index (χ2n) is 6.70. The summed E-state index contributed by atoms with van der Waals surface area (Å²) >= 11 is 1.98. The molecule has 8 nitrogen and oxygen atoms in total. The van der Waals surface area contributed by atoms with Crippen molar-refractivity contribution in [2.75, 3.05) is 26.2 Å². The van der Waals surface area contributed by atoms with Crippen molar-refractivity contribution in [3.63, 3.8) is 0 Å². The molecule has 0 spiro atoms. The third-order valence-corrected chi connectivity index (χ3v) is 5.46. The average molecular weight is 490 g/mol. The summed E-state index contributed by atoms with van der Waals surface area (Å²) < 4.78 is 5.43. The number of alkyl halides is 1. The van der Waals surface area contributed by atoms with Crippen LogP contribution in [0, 0.1) is 0 Å². The van der Waals surface area contributed by atoms with E-state index in [2.05, 4.69) is 35.0 Å². The summed E-state index contributed by atoms with van der Waals surface area (Å²) in [4.78, 5) is 36.1. The molecule has 2 aliphatic rings. The second kappa shape index (κ2) is 10.9. The summed E-state index contributed by atoms with van der Waals surface area (Å²) in [6, 6.07) is -0.555. The number of Topliss-reactive ketones (excluding diaryl/α,β-unsaturated/α-hetero) is 1. The lowest BCUT2D eigenvalue weighted by atomic mass is 10.0. The Kier molecular flexibility index (Phi) is 8.87. The van der Waals surface area contributed by atoms with Crippen LogP contribution in [0.1, 0.15) is 26.2 Å². The van der Waals surface area contributed by atoms with Gasteiger partial charge < -0.3 is 21.1 Å². The molecule has 0 aromatic carbocycles. The monoisotopic (exact) mass is 490 g/mol.